The van der Waals surface area contributed by atoms with Crippen LogP contribution < -0.4 is 0 Å². The molecule has 0 N–H and O–H groups in total. The molecule has 1 aromatic rings. The number of unbranched alkanes of at least 4 members (excludes halogenated alkanes) is 2. The van der Waals surface area contributed by atoms with Crippen molar-refractivity contribution >= 4 is 5.91 Å². The minimum absolute atomic E-state index is 0.367. The van der Waals surface area contributed by atoms with E-state index in [0.717, 1.165) is 31.8 Å². The molecule has 1 heterocycles. The van der Waals surface area contributed by atoms with E-state index in [9.17, 15) is 4.79 Å². The molecule has 2 nitrogen and oxygen atoms in total. The van der Waals surface area contributed by atoms with Crippen molar-refractivity contribution in [2.75, 3.05) is 13.1 Å². The molecule has 0 bridgehead atoms. The van der Waals surface area contributed by atoms with E-state index in [1.54, 1.807) is 0 Å². The average molecular weight is 330 g/mol. The van der Waals surface area contributed by atoms with Gasteiger partial charge in [0.15, 0.2) is 0 Å². The summed E-state index contributed by atoms with van der Waals surface area (Å²) < 4.78 is 0. The molecule has 0 unspecified atom stereocenters. The first-order valence-corrected chi connectivity index (χ1v) is 9.81. The fraction of sp³-hybridized carbons (Fsp3) is 0.682. The molecule has 1 aliphatic heterocycles. The number of carbonyl (C=O) groups is 1. The van der Waals surface area contributed by atoms with Crippen LogP contribution in [-0.4, -0.2) is 23.9 Å². The van der Waals surface area contributed by atoms with E-state index in [1.807, 2.05) is 0 Å². The summed E-state index contributed by atoms with van der Waals surface area (Å²) in [5.74, 6) is 2.96. The van der Waals surface area contributed by atoms with Crippen LogP contribution in [-0.2, 0) is 4.79 Å². The van der Waals surface area contributed by atoms with Gasteiger partial charge in [-0.2, -0.15) is 0 Å². The van der Waals surface area contributed by atoms with Crippen LogP contribution in [0.15, 0.2) is 30.3 Å². The molecule has 0 aromatic heterocycles. The van der Waals surface area contributed by atoms with Crippen LogP contribution >= 0.6 is 0 Å². The second kappa shape index (κ2) is 9.25. The van der Waals surface area contributed by atoms with Crippen molar-refractivity contribution in [2.24, 2.45) is 17.8 Å². The van der Waals surface area contributed by atoms with Crippen molar-refractivity contribution in [3.63, 3.8) is 0 Å². The molecular weight excluding hydrogens is 294 g/mol. The molecule has 1 aliphatic rings. The van der Waals surface area contributed by atoms with Gasteiger partial charge in [-0.3, -0.25) is 4.79 Å². The number of nitrogens with zero attached hydrogens (tertiary/aromatic N) is 1. The van der Waals surface area contributed by atoms with E-state index in [4.69, 9.17) is 0 Å². The van der Waals surface area contributed by atoms with Crippen LogP contribution in [0.25, 0.3) is 0 Å². The van der Waals surface area contributed by atoms with E-state index < -0.39 is 0 Å². The van der Waals surface area contributed by atoms with Crippen LogP contribution in [0.3, 0.4) is 0 Å². The van der Waals surface area contributed by atoms with Gasteiger partial charge in [-0.05, 0) is 29.7 Å². The zero-order valence-corrected chi connectivity index (χ0v) is 16.0. The normalized spacial score (nSPS) is 16.5. The van der Waals surface area contributed by atoms with E-state index in [0.29, 0.717) is 23.7 Å². The number of likely N-dealkylation sites (tertiary alicyclic amines) is 1. The largest absolute Gasteiger partial charge is 0.342 e. The third kappa shape index (κ3) is 5.36. The molecule has 1 aromatic carbocycles. The molecule has 0 aliphatic carbocycles. The summed E-state index contributed by atoms with van der Waals surface area (Å²) in [7, 11) is 0. The third-order valence-electron chi connectivity index (χ3n) is 5.35. The Morgan fingerprint density at radius 2 is 1.71 bits per heavy atom. The maximum atomic E-state index is 12.3. The van der Waals surface area contributed by atoms with Crippen molar-refractivity contribution in [1.29, 1.82) is 0 Å². The van der Waals surface area contributed by atoms with E-state index in [-0.39, 0.29) is 0 Å². The third-order valence-corrected chi connectivity index (χ3v) is 5.35. The molecule has 1 atom stereocenters. The molecule has 24 heavy (non-hydrogen) atoms. The highest BCUT2D eigenvalue weighted by Crippen LogP contribution is 2.37. The molecule has 134 valence electrons. The van der Waals surface area contributed by atoms with Gasteiger partial charge in [0.05, 0.1) is 0 Å². The monoisotopic (exact) mass is 329 g/mol. The summed E-state index contributed by atoms with van der Waals surface area (Å²) in [4.78, 5) is 14.4. The lowest BCUT2D eigenvalue weighted by Crippen LogP contribution is -2.52. The number of hydrogen-bond donors (Lipinski definition) is 0. The van der Waals surface area contributed by atoms with Gasteiger partial charge in [0, 0.05) is 25.4 Å². The van der Waals surface area contributed by atoms with Crippen LogP contribution in [0.4, 0.5) is 0 Å². The minimum atomic E-state index is 0.367. The highest BCUT2D eigenvalue weighted by molar-refractivity contribution is 5.77. The van der Waals surface area contributed by atoms with Gasteiger partial charge < -0.3 is 4.90 Å². The van der Waals surface area contributed by atoms with Crippen LogP contribution in [0.5, 0.6) is 0 Å². The molecule has 0 spiro atoms. The van der Waals surface area contributed by atoms with Crippen molar-refractivity contribution in [1.82, 2.24) is 4.90 Å². The van der Waals surface area contributed by atoms with Gasteiger partial charge in [0.2, 0.25) is 5.91 Å². The Morgan fingerprint density at radius 3 is 2.29 bits per heavy atom. The second-order valence-corrected chi connectivity index (χ2v) is 8.23. The Labute approximate surface area is 148 Å². The summed E-state index contributed by atoms with van der Waals surface area (Å²) >= 11 is 0. The number of carbonyl (C=O) groups excluding carboxylic acids is 1. The zero-order valence-electron chi connectivity index (χ0n) is 16.0. The van der Waals surface area contributed by atoms with E-state index in [2.05, 4.69) is 62.9 Å². The first-order chi connectivity index (χ1) is 11.5. The van der Waals surface area contributed by atoms with E-state index in [1.165, 1.54) is 24.8 Å². The molecule has 0 saturated carbocycles. The average Bonchev–Trinajstić information content (AvgIpc) is 2.49. The Balaban J connectivity index is 1.74. The number of benzene rings is 1. The summed E-state index contributed by atoms with van der Waals surface area (Å²) in [6.45, 7) is 11.0. The first kappa shape index (κ1) is 19.0. The predicted octanol–water partition coefficient (Wildman–Crippen LogP) is 5.49. The Morgan fingerprint density at radius 1 is 1.04 bits per heavy atom. The van der Waals surface area contributed by atoms with Crippen LogP contribution in [0.1, 0.15) is 71.3 Å². The van der Waals surface area contributed by atoms with Gasteiger partial charge in [-0.1, -0.05) is 77.3 Å². The van der Waals surface area contributed by atoms with Gasteiger partial charge in [-0.15, -0.1) is 0 Å². The minimum Gasteiger partial charge on any atom is -0.342 e. The summed E-state index contributed by atoms with van der Waals surface area (Å²) in [6, 6.07) is 10.8. The summed E-state index contributed by atoms with van der Waals surface area (Å²) in [5, 5.41) is 0. The van der Waals surface area contributed by atoms with Gasteiger partial charge >= 0.3 is 0 Å². The lowest BCUT2D eigenvalue weighted by atomic mass is 9.74. The van der Waals surface area contributed by atoms with Crippen LogP contribution in [0.2, 0.25) is 0 Å². The molecular formula is C22H35NO. The van der Waals surface area contributed by atoms with Crippen LogP contribution in [0, 0.1) is 17.8 Å². The number of hydrogen-bond acceptors (Lipinski definition) is 1. The Hall–Kier alpha value is -1.31. The molecule has 2 rings (SSSR count). The van der Waals surface area contributed by atoms with Gasteiger partial charge in [-0.25, -0.2) is 0 Å². The smallest absolute Gasteiger partial charge is 0.222 e. The van der Waals surface area contributed by atoms with E-state index >= 15 is 0 Å². The molecule has 1 amide bonds. The molecule has 2 heteroatoms. The number of rotatable bonds is 9. The SMILES string of the molecule is CC(C)CCCCCC(=O)N1CC([C@@H](c2ccccc2)C(C)C)C1. The zero-order chi connectivity index (χ0) is 17.5. The standard InChI is InChI=1S/C22H35NO/c1-17(2)11-7-5-10-14-21(24)23-15-20(16-23)22(18(3)4)19-12-8-6-9-13-19/h6,8-9,12-13,17-18,20,22H,5,7,10-11,14-16H2,1-4H3/t22-/m1/s1. The van der Waals surface area contributed by atoms with Crippen molar-refractivity contribution in [3.8, 4) is 0 Å². The quantitative estimate of drug-likeness (QED) is 0.548. The first-order valence-electron chi connectivity index (χ1n) is 9.81. The summed E-state index contributed by atoms with van der Waals surface area (Å²) in [5.41, 5.74) is 1.43. The Kier molecular flexibility index (Phi) is 7.33. The molecule has 1 fully saturated rings. The highest BCUT2D eigenvalue weighted by atomic mass is 16.2. The molecule has 1 saturated heterocycles. The fourth-order valence-electron chi connectivity index (χ4n) is 3.98. The number of amides is 1. The predicted molar refractivity (Wildman–Crippen MR) is 102 cm³/mol. The van der Waals surface area contributed by atoms with Crippen molar-refractivity contribution < 1.29 is 4.79 Å². The van der Waals surface area contributed by atoms with Gasteiger partial charge in [0.25, 0.3) is 0 Å². The lowest BCUT2D eigenvalue weighted by Gasteiger charge is -2.45. The fourth-order valence-corrected chi connectivity index (χ4v) is 3.98. The maximum Gasteiger partial charge on any atom is 0.222 e. The highest BCUT2D eigenvalue weighted by Gasteiger charge is 2.37. The topological polar surface area (TPSA) is 20.3 Å². The molecule has 0 radical (unpaired) electrons. The maximum absolute atomic E-state index is 12.3. The van der Waals surface area contributed by atoms with Crippen molar-refractivity contribution in [2.45, 2.75) is 65.7 Å². The van der Waals surface area contributed by atoms with Crippen molar-refractivity contribution in [3.05, 3.63) is 35.9 Å². The Bertz CT molecular complexity index is 488. The summed E-state index contributed by atoms with van der Waals surface area (Å²) in [6.07, 6.45) is 5.53. The van der Waals surface area contributed by atoms with Gasteiger partial charge in [0.1, 0.15) is 0 Å². The second-order valence-electron chi connectivity index (χ2n) is 8.23. The lowest BCUT2D eigenvalue weighted by molar-refractivity contribution is -0.138.